The zero-order valence-corrected chi connectivity index (χ0v) is 7.89. The number of benzene rings is 1. The van der Waals surface area contributed by atoms with E-state index in [1.807, 2.05) is 0 Å². The molecule has 0 fully saturated rings. The number of nitrogens with zero attached hydrogens (tertiary/aromatic N) is 1. The summed E-state index contributed by atoms with van der Waals surface area (Å²) in [5.41, 5.74) is 0.351. The molecule has 5 heteroatoms. The molecule has 1 aromatic carbocycles. The maximum Gasteiger partial charge on any atom is 0.353 e. The molecule has 5 nitrogen and oxygen atoms in total. The van der Waals surface area contributed by atoms with Crippen LogP contribution in [-0.2, 0) is 9.47 Å². The van der Waals surface area contributed by atoms with E-state index in [2.05, 4.69) is 9.47 Å². The highest BCUT2D eigenvalue weighted by molar-refractivity contribution is 5.95. The van der Waals surface area contributed by atoms with Gasteiger partial charge < -0.3 is 9.47 Å². The minimum Gasteiger partial charge on any atom is -0.465 e. The zero-order valence-electron chi connectivity index (χ0n) is 7.89. The Morgan fingerprint density at radius 1 is 1.27 bits per heavy atom. The molecule has 0 aliphatic carbocycles. The van der Waals surface area contributed by atoms with Crippen LogP contribution in [0, 0.1) is 11.5 Å². The van der Waals surface area contributed by atoms with Crippen LogP contribution in [-0.4, -0.2) is 19.0 Å². The normalized spacial score (nSPS) is 8.80. The third-order valence-electron chi connectivity index (χ3n) is 1.66. The molecule has 0 aliphatic heterocycles. The summed E-state index contributed by atoms with van der Waals surface area (Å²) in [4.78, 5) is 22.2. The first kappa shape index (κ1) is 10.7. The van der Waals surface area contributed by atoms with E-state index in [0.29, 0.717) is 0 Å². The fourth-order valence-corrected chi connectivity index (χ4v) is 0.991. The van der Waals surface area contributed by atoms with Crippen molar-refractivity contribution in [2.24, 2.45) is 0 Å². The van der Waals surface area contributed by atoms with Gasteiger partial charge in [-0.25, -0.2) is 9.59 Å². The molecule has 0 radical (unpaired) electrons. The van der Waals surface area contributed by atoms with Crippen molar-refractivity contribution in [2.45, 2.75) is 0 Å². The van der Waals surface area contributed by atoms with Crippen LogP contribution in [0.15, 0.2) is 24.3 Å². The van der Waals surface area contributed by atoms with Gasteiger partial charge in [0.2, 0.25) is 0 Å². The second-order valence-corrected chi connectivity index (χ2v) is 2.55. The summed E-state index contributed by atoms with van der Waals surface area (Å²) in [6, 6.07) is 5.73. The van der Waals surface area contributed by atoms with E-state index in [1.165, 1.54) is 37.6 Å². The third-order valence-corrected chi connectivity index (χ3v) is 1.66. The van der Waals surface area contributed by atoms with Crippen molar-refractivity contribution in [1.82, 2.24) is 0 Å². The number of carbonyl (C=O) groups is 2. The van der Waals surface area contributed by atoms with E-state index in [-0.39, 0.29) is 11.1 Å². The van der Waals surface area contributed by atoms with Gasteiger partial charge in [-0.15, -0.1) is 5.26 Å². The summed E-state index contributed by atoms with van der Waals surface area (Å²) < 4.78 is 8.59. The molecule has 0 amide bonds. The Morgan fingerprint density at radius 2 is 1.87 bits per heavy atom. The molecular weight excluding hydrogens is 198 g/mol. The maximum atomic E-state index is 11.1. The first-order chi connectivity index (χ1) is 7.19. The summed E-state index contributed by atoms with van der Waals surface area (Å²) in [6.45, 7) is 0. The first-order valence-corrected chi connectivity index (χ1v) is 3.97. The molecule has 0 heterocycles. The lowest BCUT2D eigenvalue weighted by atomic mass is 10.1. The molecule has 76 valence electrons. The number of methoxy groups -OCH3 is 1. The second-order valence-electron chi connectivity index (χ2n) is 2.55. The largest absolute Gasteiger partial charge is 0.465 e. The van der Waals surface area contributed by atoms with Crippen molar-refractivity contribution in [2.75, 3.05) is 7.11 Å². The van der Waals surface area contributed by atoms with Gasteiger partial charge in [0, 0.05) is 0 Å². The maximum absolute atomic E-state index is 11.1. The van der Waals surface area contributed by atoms with Gasteiger partial charge in [-0.2, -0.15) is 0 Å². The SMILES string of the molecule is COC(=O)c1cccc(C(=O)OC#N)c1. The second kappa shape index (κ2) is 4.77. The molecule has 15 heavy (non-hydrogen) atoms. The lowest BCUT2D eigenvalue weighted by Crippen LogP contribution is -2.05. The summed E-state index contributed by atoms with van der Waals surface area (Å²) in [6.07, 6.45) is 1.26. The summed E-state index contributed by atoms with van der Waals surface area (Å²) >= 11 is 0. The number of ether oxygens (including phenoxy) is 2. The lowest BCUT2D eigenvalue weighted by Gasteiger charge is -2.00. The monoisotopic (exact) mass is 205 g/mol. The van der Waals surface area contributed by atoms with E-state index in [0.717, 1.165) is 0 Å². The van der Waals surface area contributed by atoms with Crippen molar-refractivity contribution < 1.29 is 19.1 Å². The molecule has 0 aromatic heterocycles. The number of nitriles is 1. The van der Waals surface area contributed by atoms with E-state index in [4.69, 9.17) is 5.26 Å². The van der Waals surface area contributed by atoms with Crippen LogP contribution in [0.3, 0.4) is 0 Å². The van der Waals surface area contributed by atoms with Gasteiger partial charge in [0.15, 0.2) is 0 Å². The molecule has 0 atom stereocenters. The zero-order chi connectivity index (χ0) is 11.3. The number of carbonyl (C=O) groups excluding carboxylic acids is 2. The minimum atomic E-state index is -0.803. The third kappa shape index (κ3) is 2.54. The van der Waals surface area contributed by atoms with Crippen LogP contribution >= 0.6 is 0 Å². The van der Waals surface area contributed by atoms with Crippen LogP contribution in [0.4, 0.5) is 0 Å². The molecule has 0 N–H and O–H groups in total. The Labute approximate surface area is 85.8 Å². The average molecular weight is 205 g/mol. The highest BCUT2D eigenvalue weighted by Crippen LogP contribution is 2.07. The van der Waals surface area contributed by atoms with Gasteiger partial charge in [0.1, 0.15) is 0 Å². The van der Waals surface area contributed by atoms with Crippen LogP contribution in [0.25, 0.3) is 0 Å². The Balaban J connectivity index is 2.98. The van der Waals surface area contributed by atoms with Crippen LogP contribution in [0.5, 0.6) is 0 Å². The fourth-order valence-electron chi connectivity index (χ4n) is 0.991. The first-order valence-electron chi connectivity index (χ1n) is 3.97. The predicted molar refractivity (Wildman–Crippen MR) is 48.8 cm³/mol. The van der Waals surface area contributed by atoms with E-state index in [9.17, 15) is 9.59 Å². The molecular formula is C10H7NO4. The number of hydrogen-bond donors (Lipinski definition) is 0. The summed E-state index contributed by atoms with van der Waals surface area (Å²) in [7, 11) is 1.24. The van der Waals surface area contributed by atoms with Crippen LogP contribution < -0.4 is 0 Å². The lowest BCUT2D eigenvalue weighted by molar-refractivity contribution is 0.0600. The minimum absolute atomic E-state index is 0.124. The van der Waals surface area contributed by atoms with Gasteiger partial charge in [0.25, 0.3) is 6.26 Å². The van der Waals surface area contributed by atoms with Gasteiger partial charge in [-0.05, 0) is 18.2 Å². The quantitative estimate of drug-likeness (QED) is 0.534. The van der Waals surface area contributed by atoms with Crippen LogP contribution in [0.1, 0.15) is 20.7 Å². The van der Waals surface area contributed by atoms with Gasteiger partial charge in [-0.1, -0.05) is 6.07 Å². The smallest absolute Gasteiger partial charge is 0.353 e. The highest BCUT2D eigenvalue weighted by Gasteiger charge is 2.11. The molecule has 0 spiro atoms. The molecule has 1 aromatic rings. The van der Waals surface area contributed by atoms with E-state index < -0.39 is 11.9 Å². The number of rotatable bonds is 2. The van der Waals surface area contributed by atoms with Crippen LogP contribution in [0.2, 0.25) is 0 Å². The number of esters is 2. The van der Waals surface area contributed by atoms with Crippen molar-refractivity contribution in [3.8, 4) is 6.26 Å². The Bertz CT molecular complexity index is 433. The Morgan fingerprint density at radius 3 is 2.40 bits per heavy atom. The van der Waals surface area contributed by atoms with Crippen molar-refractivity contribution in [1.29, 1.82) is 5.26 Å². The average Bonchev–Trinajstić information content (AvgIpc) is 2.28. The molecule has 0 bridgehead atoms. The van der Waals surface area contributed by atoms with Gasteiger partial charge in [-0.3, -0.25) is 0 Å². The number of hydrogen-bond acceptors (Lipinski definition) is 5. The van der Waals surface area contributed by atoms with Crippen molar-refractivity contribution in [3.05, 3.63) is 35.4 Å². The fraction of sp³-hybridized carbons (Fsp3) is 0.100. The summed E-state index contributed by atoms with van der Waals surface area (Å²) in [5, 5.41) is 8.14. The molecule has 0 saturated heterocycles. The Hall–Kier alpha value is -2.35. The van der Waals surface area contributed by atoms with Gasteiger partial charge >= 0.3 is 11.9 Å². The highest BCUT2D eigenvalue weighted by atomic mass is 16.5. The van der Waals surface area contributed by atoms with E-state index >= 15 is 0 Å². The molecule has 0 aliphatic rings. The standard InChI is InChI=1S/C10H7NO4/c1-14-9(12)7-3-2-4-8(5-7)10(13)15-6-11/h2-5H,1H3. The van der Waals surface area contributed by atoms with E-state index in [1.54, 1.807) is 0 Å². The van der Waals surface area contributed by atoms with Gasteiger partial charge in [0.05, 0.1) is 18.2 Å². The summed E-state index contributed by atoms with van der Waals surface area (Å²) in [5.74, 6) is -1.36. The van der Waals surface area contributed by atoms with Crippen molar-refractivity contribution in [3.63, 3.8) is 0 Å². The van der Waals surface area contributed by atoms with Crippen molar-refractivity contribution >= 4 is 11.9 Å². The molecule has 0 unspecified atom stereocenters. The predicted octanol–water partition coefficient (Wildman–Crippen LogP) is 1.11. The topological polar surface area (TPSA) is 76.4 Å². The molecule has 1 rings (SSSR count). The molecule has 0 saturated carbocycles. The Kier molecular flexibility index (Phi) is 3.41.